The van der Waals surface area contributed by atoms with E-state index in [1.807, 2.05) is 36.7 Å². The Labute approximate surface area is 119 Å². The second kappa shape index (κ2) is 5.64. The van der Waals surface area contributed by atoms with Crippen molar-refractivity contribution in [2.75, 3.05) is 32.5 Å². The molecule has 1 aromatic heterocycles. The van der Waals surface area contributed by atoms with E-state index in [1.165, 1.54) is 0 Å². The monoisotopic (exact) mass is 272 g/mol. The van der Waals surface area contributed by atoms with E-state index in [0.717, 1.165) is 43.3 Å². The second-order valence-electron chi connectivity index (χ2n) is 5.28. The minimum atomic E-state index is 0.218. The van der Waals surface area contributed by atoms with Gasteiger partial charge in [-0.15, -0.1) is 0 Å². The molecule has 0 radical (unpaired) electrons. The van der Waals surface area contributed by atoms with E-state index in [9.17, 15) is 0 Å². The molecule has 1 unspecified atom stereocenters. The molecule has 5 heteroatoms. The van der Waals surface area contributed by atoms with Crippen molar-refractivity contribution < 1.29 is 4.74 Å². The summed E-state index contributed by atoms with van der Waals surface area (Å²) in [6.45, 7) is 3.59. The number of imidazole rings is 1. The largest absolute Gasteiger partial charge is 0.399 e. The predicted octanol–water partition coefficient (Wildman–Crippen LogP) is 1.46. The van der Waals surface area contributed by atoms with Crippen LogP contribution in [0.4, 0.5) is 5.69 Å². The van der Waals surface area contributed by atoms with Crippen LogP contribution in [0.3, 0.4) is 0 Å². The van der Waals surface area contributed by atoms with E-state index >= 15 is 0 Å². The number of nitrogens with two attached hydrogens (primary N) is 1. The van der Waals surface area contributed by atoms with Gasteiger partial charge in [0.05, 0.1) is 19.3 Å². The molecule has 106 valence electrons. The molecule has 3 rings (SSSR count). The zero-order valence-electron chi connectivity index (χ0n) is 11.7. The highest BCUT2D eigenvalue weighted by Gasteiger charge is 2.19. The summed E-state index contributed by atoms with van der Waals surface area (Å²) in [5.74, 6) is 0.960. The van der Waals surface area contributed by atoms with Gasteiger partial charge in [-0.1, -0.05) is 0 Å². The summed E-state index contributed by atoms with van der Waals surface area (Å²) in [6, 6.07) is 7.81. The Morgan fingerprint density at radius 2 is 2.15 bits per heavy atom. The van der Waals surface area contributed by atoms with Crippen LogP contribution >= 0.6 is 0 Å². The van der Waals surface area contributed by atoms with Gasteiger partial charge in [-0.3, -0.25) is 0 Å². The van der Waals surface area contributed by atoms with Crippen LogP contribution < -0.4 is 5.73 Å². The van der Waals surface area contributed by atoms with E-state index in [4.69, 9.17) is 10.5 Å². The lowest BCUT2D eigenvalue weighted by Gasteiger charge is -2.30. The quantitative estimate of drug-likeness (QED) is 0.860. The van der Waals surface area contributed by atoms with E-state index in [0.29, 0.717) is 0 Å². The van der Waals surface area contributed by atoms with Crippen LogP contribution in [0.25, 0.3) is 11.4 Å². The molecule has 20 heavy (non-hydrogen) atoms. The van der Waals surface area contributed by atoms with Gasteiger partial charge in [0.1, 0.15) is 5.82 Å². The van der Waals surface area contributed by atoms with Gasteiger partial charge in [0.2, 0.25) is 0 Å². The van der Waals surface area contributed by atoms with E-state index in [1.54, 1.807) is 0 Å². The van der Waals surface area contributed by atoms with Crippen molar-refractivity contribution in [2.45, 2.75) is 12.6 Å². The average Bonchev–Trinajstić information content (AvgIpc) is 2.88. The third-order valence-electron chi connectivity index (χ3n) is 3.63. The number of nitrogen functional groups attached to an aromatic ring is 1. The number of rotatable bonds is 3. The fraction of sp³-hybridized carbons (Fsp3) is 0.400. The maximum atomic E-state index is 5.82. The summed E-state index contributed by atoms with van der Waals surface area (Å²) in [5.41, 5.74) is 7.57. The van der Waals surface area contributed by atoms with Gasteiger partial charge in [-0.2, -0.15) is 0 Å². The molecule has 1 atom stereocenters. The van der Waals surface area contributed by atoms with Gasteiger partial charge < -0.3 is 19.9 Å². The number of benzene rings is 1. The van der Waals surface area contributed by atoms with E-state index in [-0.39, 0.29) is 6.10 Å². The highest BCUT2D eigenvalue weighted by Crippen LogP contribution is 2.20. The van der Waals surface area contributed by atoms with Crippen LogP contribution in [-0.4, -0.2) is 47.3 Å². The number of aromatic nitrogens is 2. The Hall–Kier alpha value is -1.85. The molecule has 1 aromatic carbocycles. The number of ether oxygens (including phenoxy) is 1. The third kappa shape index (κ3) is 2.84. The number of likely N-dealkylation sites (N-methyl/N-ethyl adjacent to an activating group) is 1. The smallest absolute Gasteiger partial charge is 0.139 e. The maximum absolute atomic E-state index is 5.82. The Balaban J connectivity index is 1.78. The van der Waals surface area contributed by atoms with Crippen LogP contribution in [-0.2, 0) is 11.3 Å². The van der Waals surface area contributed by atoms with Crippen molar-refractivity contribution in [1.29, 1.82) is 0 Å². The van der Waals surface area contributed by atoms with Gasteiger partial charge in [0.25, 0.3) is 0 Å². The normalized spacial score (nSPS) is 20.1. The third-order valence-corrected chi connectivity index (χ3v) is 3.63. The van der Waals surface area contributed by atoms with Crippen LogP contribution in [0.2, 0.25) is 0 Å². The van der Waals surface area contributed by atoms with Crippen LogP contribution in [0.15, 0.2) is 36.7 Å². The van der Waals surface area contributed by atoms with Gasteiger partial charge >= 0.3 is 0 Å². The Kier molecular flexibility index (Phi) is 3.71. The first-order valence-electron chi connectivity index (χ1n) is 6.89. The first kappa shape index (κ1) is 13.1. The molecule has 0 aliphatic carbocycles. The number of hydrogen-bond acceptors (Lipinski definition) is 4. The molecular formula is C15H20N4O. The number of hydrogen-bond donors (Lipinski definition) is 1. The van der Waals surface area contributed by atoms with Crippen molar-refractivity contribution in [3.05, 3.63) is 36.7 Å². The predicted molar refractivity (Wildman–Crippen MR) is 79.3 cm³/mol. The van der Waals surface area contributed by atoms with Crippen molar-refractivity contribution in [2.24, 2.45) is 0 Å². The first-order valence-corrected chi connectivity index (χ1v) is 6.89. The molecule has 1 fully saturated rings. The number of nitrogens with zero attached hydrogens (tertiary/aromatic N) is 3. The van der Waals surface area contributed by atoms with Gasteiger partial charge in [-0.25, -0.2) is 4.98 Å². The molecular weight excluding hydrogens is 252 g/mol. The molecule has 0 bridgehead atoms. The maximum Gasteiger partial charge on any atom is 0.139 e. The van der Waals surface area contributed by atoms with Gasteiger partial charge in [-0.05, 0) is 31.3 Å². The van der Waals surface area contributed by atoms with Crippen LogP contribution in [0.1, 0.15) is 0 Å². The standard InChI is InChI=1S/C15H20N4O/c1-18-8-9-20-14(10-18)11-19-7-6-17-15(19)12-2-4-13(16)5-3-12/h2-7,14H,8-11,16H2,1H3. The van der Waals surface area contributed by atoms with Crippen LogP contribution in [0.5, 0.6) is 0 Å². The van der Waals surface area contributed by atoms with E-state index in [2.05, 4.69) is 21.5 Å². The lowest BCUT2D eigenvalue weighted by atomic mass is 10.2. The lowest BCUT2D eigenvalue weighted by molar-refractivity contribution is -0.0272. The van der Waals surface area contributed by atoms with Crippen LogP contribution in [0, 0.1) is 0 Å². The highest BCUT2D eigenvalue weighted by molar-refractivity contribution is 5.59. The molecule has 1 aliphatic rings. The second-order valence-corrected chi connectivity index (χ2v) is 5.28. The van der Waals surface area contributed by atoms with Gasteiger partial charge in [0, 0.05) is 36.7 Å². The molecule has 0 amide bonds. The molecule has 5 nitrogen and oxygen atoms in total. The van der Waals surface area contributed by atoms with Crippen molar-refractivity contribution in [3.8, 4) is 11.4 Å². The molecule has 2 N–H and O–H groups in total. The summed E-state index contributed by atoms with van der Waals surface area (Å²) in [7, 11) is 2.13. The fourth-order valence-electron chi connectivity index (χ4n) is 2.55. The summed E-state index contributed by atoms with van der Waals surface area (Å²) in [4.78, 5) is 6.75. The molecule has 2 heterocycles. The summed E-state index contributed by atoms with van der Waals surface area (Å²) < 4.78 is 7.97. The zero-order valence-corrected chi connectivity index (χ0v) is 11.7. The molecule has 0 spiro atoms. The molecule has 0 saturated carbocycles. The minimum absolute atomic E-state index is 0.218. The Morgan fingerprint density at radius 3 is 2.90 bits per heavy atom. The number of anilines is 1. The van der Waals surface area contributed by atoms with Crippen molar-refractivity contribution in [3.63, 3.8) is 0 Å². The summed E-state index contributed by atoms with van der Waals surface area (Å²) in [6.07, 6.45) is 4.05. The van der Waals surface area contributed by atoms with Crippen molar-refractivity contribution >= 4 is 5.69 Å². The topological polar surface area (TPSA) is 56.3 Å². The first-order chi connectivity index (χ1) is 9.72. The molecule has 1 aliphatic heterocycles. The zero-order chi connectivity index (χ0) is 13.9. The fourth-order valence-corrected chi connectivity index (χ4v) is 2.55. The average molecular weight is 272 g/mol. The van der Waals surface area contributed by atoms with E-state index < -0.39 is 0 Å². The number of morpholine rings is 1. The SMILES string of the molecule is CN1CCOC(Cn2ccnc2-c2ccc(N)cc2)C1. The van der Waals surface area contributed by atoms with Crippen molar-refractivity contribution in [1.82, 2.24) is 14.5 Å². The summed E-state index contributed by atoms with van der Waals surface area (Å²) >= 11 is 0. The lowest BCUT2D eigenvalue weighted by Crippen LogP contribution is -2.41. The summed E-state index contributed by atoms with van der Waals surface area (Å²) in [5, 5.41) is 0. The minimum Gasteiger partial charge on any atom is -0.399 e. The van der Waals surface area contributed by atoms with Gasteiger partial charge in [0.15, 0.2) is 0 Å². The Bertz CT molecular complexity index is 564. The molecule has 1 saturated heterocycles. The molecule has 2 aromatic rings. The Morgan fingerprint density at radius 1 is 1.35 bits per heavy atom. The highest BCUT2D eigenvalue weighted by atomic mass is 16.5.